The van der Waals surface area contributed by atoms with Gasteiger partial charge in [0.05, 0.1) is 16.7 Å². The number of aromatic nitrogens is 4. The maximum atomic E-state index is 4.72. The lowest BCUT2D eigenvalue weighted by atomic mass is 10.0. The van der Waals surface area contributed by atoms with Gasteiger partial charge in [0.2, 0.25) is 0 Å². The van der Waals surface area contributed by atoms with E-state index in [0.717, 1.165) is 45.8 Å². The van der Waals surface area contributed by atoms with Crippen LogP contribution in [0.25, 0.3) is 22.3 Å². The zero-order valence-electron chi connectivity index (χ0n) is 11.3. The molecular formula is C15H15BrN4. The van der Waals surface area contributed by atoms with Crippen molar-refractivity contribution in [1.29, 1.82) is 0 Å². The highest BCUT2D eigenvalue weighted by atomic mass is 79.9. The van der Waals surface area contributed by atoms with Gasteiger partial charge < -0.3 is 9.55 Å². The number of imidazole rings is 2. The van der Waals surface area contributed by atoms with E-state index in [1.165, 1.54) is 18.5 Å². The molecule has 4 nitrogen and oxygen atoms in total. The Labute approximate surface area is 125 Å². The molecule has 1 N–H and O–H groups in total. The maximum Gasteiger partial charge on any atom is 0.177 e. The minimum Gasteiger partial charge on any atom is -0.342 e. The van der Waals surface area contributed by atoms with Gasteiger partial charge >= 0.3 is 0 Å². The van der Waals surface area contributed by atoms with Gasteiger partial charge in [-0.2, -0.15) is 0 Å². The summed E-state index contributed by atoms with van der Waals surface area (Å²) in [6.07, 6.45) is 3.59. The molecule has 3 heterocycles. The molecule has 1 aliphatic rings. The van der Waals surface area contributed by atoms with E-state index in [1.807, 2.05) is 6.92 Å². The largest absolute Gasteiger partial charge is 0.342 e. The number of fused-ring (bicyclic) bond motifs is 2. The molecule has 4 rings (SSSR count). The second-order valence-electron chi connectivity index (χ2n) is 5.34. The number of hydrogen-bond acceptors (Lipinski definition) is 2. The Morgan fingerprint density at radius 3 is 3.05 bits per heavy atom. The van der Waals surface area contributed by atoms with E-state index in [0.29, 0.717) is 0 Å². The molecule has 20 heavy (non-hydrogen) atoms. The van der Waals surface area contributed by atoms with Crippen molar-refractivity contribution < 1.29 is 0 Å². The van der Waals surface area contributed by atoms with Crippen molar-refractivity contribution in [3.63, 3.8) is 0 Å². The van der Waals surface area contributed by atoms with Crippen LogP contribution in [-0.2, 0) is 13.0 Å². The third-order valence-electron chi connectivity index (χ3n) is 3.94. The van der Waals surface area contributed by atoms with Crippen molar-refractivity contribution in [1.82, 2.24) is 19.5 Å². The normalized spacial score (nSPS) is 14.7. The number of halogens is 1. The minimum absolute atomic E-state index is 0.947. The van der Waals surface area contributed by atoms with Crippen molar-refractivity contribution in [2.24, 2.45) is 0 Å². The average molecular weight is 331 g/mol. The summed E-state index contributed by atoms with van der Waals surface area (Å²) >= 11 is 3.59. The van der Waals surface area contributed by atoms with Crippen molar-refractivity contribution in [2.75, 3.05) is 0 Å². The van der Waals surface area contributed by atoms with Crippen LogP contribution in [0.5, 0.6) is 0 Å². The minimum atomic E-state index is 0.947. The second kappa shape index (κ2) is 4.45. The lowest BCUT2D eigenvalue weighted by Gasteiger charge is -2.15. The van der Waals surface area contributed by atoms with Gasteiger partial charge in [0.25, 0.3) is 0 Å². The molecular weight excluding hydrogens is 316 g/mol. The molecule has 0 spiro atoms. The standard InChI is InChI=1S/C15H15BrN4/c1-9-17-11-6-5-10(8-12(11)18-9)14-13-4-2-3-7-20(13)15(16)19-14/h5-6,8H,2-4,7H2,1H3,(H,17,18). The Kier molecular flexibility index (Phi) is 2.70. The monoisotopic (exact) mass is 330 g/mol. The van der Waals surface area contributed by atoms with Crippen LogP contribution in [0.4, 0.5) is 0 Å². The molecule has 0 fully saturated rings. The second-order valence-corrected chi connectivity index (χ2v) is 6.05. The first kappa shape index (κ1) is 12.1. The quantitative estimate of drug-likeness (QED) is 0.736. The van der Waals surface area contributed by atoms with Gasteiger partial charge in [-0.1, -0.05) is 6.07 Å². The Bertz CT molecular complexity index is 800. The predicted octanol–water partition coefficient (Wildman–Crippen LogP) is 3.83. The van der Waals surface area contributed by atoms with Crippen LogP contribution < -0.4 is 0 Å². The molecule has 2 aromatic heterocycles. The lowest BCUT2D eigenvalue weighted by molar-refractivity contribution is 0.525. The van der Waals surface area contributed by atoms with Crippen LogP contribution in [0.1, 0.15) is 24.4 Å². The van der Waals surface area contributed by atoms with Gasteiger partial charge in [-0.15, -0.1) is 0 Å². The topological polar surface area (TPSA) is 46.5 Å². The number of nitrogens with zero attached hydrogens (tertiary/aromatic N) is 3. The van der Waals surface area contributed by atoms with Crippen molar-refractivity contribution in [3.8, 4) is 11.3 Å². The van der Waals surface area contributed by atoms with Crippen LogP contribution >= 0.6 is 15.9 Å². The highest BCUT2D eigenvalue weighted by Crippen LogP contribution is 2.32. The molecule has 0 radical (unpaired) electrons. The summed E-state index contributed by atoms with van der Waals surface area (Å²) in [7, 11) is 0. The molecule has 0 bridgehead atoms. The van der Waals surface area contributed by atoms with Crippen LogP contribution in [-0.4, -0.2) is 19.5 Å². The molecule has 0 saturated carbocycles. The van der Waals surface area contributed by atoms with E-state index in [1.54, 1.807) is 0 Å². The van der Waals surface area contributed by atoms with E-state index in [9.17, 15) is 0 Å². The molecule has 1 aromatic carbocycles. The Morgan fingerprint density at radius 2 is 2.15 bits per heavy atom. The predicted molar refractivity (Wildman–Crippen MR) is 82.7 cm³/mol. The zero-order chi connectivity index (χ0) is 13.7. The smallest absolute Gasteiger partial charge is 0.177 e. The first-order valence-electron chi connectivity index (χ1n) is 6.94. The van der Waals surface area contributed by atoms with E-state index in [-0.39, 0.29) is 0 Å². The molecule has 3 aromatic rings. The van der Waals surface area contributed by atoms with Crippen LogP contribution in [0.15, 0.2) is 22.9 Å². The summed E-state index contributed by atoms with van der Waals surface area (Å²) in [6, 6.07) is 6.34. The van der Waals surface area contributed by atoms with Gasteiger partial charge in [-0.3, -0.25) is 0 Å². The summed E-state index contributed by atoms with van der Waals surface area (Å²) in [5, 5.41) is 0. The number of aromatic amines is 1. The summed E-state index contributed by atoms with van der Waals surface area (Å²) in [5.41, 5.74) is 5.70. The summed E-state index contributed by atoms with van der Waals surface area (Å²) in [6.45, 7) is 3.04. The molecule has 0 amide bonds. The molecule has 0 atom stereocenters. The fourth-order valence-corrected chi connectivity index (χ4v) is 3.58. The van der Waals surface area contributed by atoms with Gasteiger partial charge in [0.1, 0.15) is 5.82 Å². The van der Waals surface area contributed by atoms with Gasteiger partial charge in [0, 0.05) is 17.8 Å². The summed E-state index contributed by atoms with van der Waals surface area (Å²) in [5.74, 6) is 0.949. The Morgan fingerprint density at radius 1 is 1.25 bits per heavy atom. The number of hydrogen-bond donors (Lipinski definition) is 1. The first-order valence-corrected chi connectivity index (χ1v) is 7.73. The van der Waals surface area contributed by atoms with Crippen LogP contribution in [0, 0.1) is 6.92 Å². The summed E-state index contributed by atoms with van der Waals surface area (Å²) < 4.78 is 3.24. The van der Waals surface area contributed by atoms with Crippen LogP contribution in [0.2, 0.25) is 0 Å². The lowest BCUT2D eigenvalue weighted by Crippen LogP contribution is -2.10. The number of H-pyrrole nitrogens is 1. The number of aryl methyl sites for hydroxylation is 1. The molecule has 0 saturated heterocycles. The van der Waals surface area contributed by atoms with Gasteiger partial charge in [-0.25, -0.2) is 9.97 Å². The Balaban J connectivity index is 1.90. The third-order valence-corrected chi connectivity index (χ3v) is 4.55. The molecule has 102 valence electrons. The molecule has 1 aliphatic heterocycles. The third kappa shape index (κ3) is 1.80. The van der Waals surface area contributed by atoms with E-state index in [2.05, 4.69) is 48.7 Å². The highest BCUT2D eigenvalue weighted by Gasteiger charge is 2.20. The Hall–Kier alpha value is -1.62. The SMILES string of the molecule is Cc1nc2ccc(-c3nc(Br)n4c3CCCC4)cc2[nH]1. The fourth-order valence-electron chi connectivity index (χ4n) is 3.01. The van der Waals surface area contributed by atoms with Crippen LogP contribution in [0.3, 0.4) is 0 Å². The van der Waals surface area contributed by atoms with E-state index < -0.39 is 0 Å². The fraction of sp³-hybridized carbons (Fsp3) is 0.333. The van der Waals surface area contributed by atoms with Crippen molar-refractivity contribution >= 4 is 27.0 Å². The molecule has 0 unspecified atom stereocenters. The van der Waals surface area contributed by atoms with E-state index in [4.69, 9.17) is 4.98 Å². The molecule has 0 aliphatic carbocycles. The van der Waals surface area contributed by atoms with Crippen molar-refractivity contribution in [3.05, 3.63) is 34.5 Å². The highest BCUT2D eigenvalue weighted by molar-refractivity contribution is 9.10. The van der Waals surface area contributed by atoms with Gasteiger partial charge in [0.15, 0.2) is 4.73 Å². The summed E-state index contributed by atoms with van der Waals surface area (Å²) in [4.78, 5) is 12.5. The number of benzene rings is 1. The number of nitrogens with one attached hydrogen (secondary N) is 1. The number of rotatable bonds is 1. The first-order chi connectivity index (χ1) is 9.72. The van der Waals surface area contributed by atoms with Gasteiger partial charge in [-0.05, 0) is 54.2 Å². The average Bonchev–Trinajstić information content (AvgIpc) is 2.98. The maximum absolute atomic E-state index is 4.72. The van der Waals surface area contributed by atoms with Crippen molar-refractivity contribution in [2.45, 2.75) is 32.7 Å². The zero-order valence-corrected chi connectivity index (χ0v) is 12.9. The van der Waals surface area contributed by atoms with E-state index >= 15 is 0 Å². The molecule has 5 heteroatoms.